The first-order valence-corrected chi connectivity index (χ1v) is 9.10. The number of guanidine groups is 1. The molecule has 2 heterocycles. The molecule has 29 heavy (non-hydrogen) atoms. The third kappa shape index (κ3) is 5.41. The van der Waals surface area contributed by atoms with Crippen molar-refractivity contribution in [1.29, 1.82) is 0 Å². The number of aromatic nitrogens is 3. The zero-order chi connectivity index (χ0) is 21.2. The van der Waals surface area contributed by atoms with Crippen molar-refractivity contribution in [2.24, 2.45) is 4.99 Å². The summed E-state index contributed by atoms with van der Waals surface area (Å²) in [5, 5.41) is 16.5. The van der Waals surface area contributed by atoms with Gasteiger partial charge in [-0.05, 0) is 45.9 Å². The third-order valence-electron chi connectivity index (χ3n) is 3.67. The molecule has 0 aliphatic heterocycles. The lowest BCUT2D eigenvalue weighted by Crippen LogP contribution is -2.38. The zero-order valence-electron chi connectivity index (χ0n) is 16.3. The van der Waals surface area contributed by atoms with Gasteiger partial charge in [0.15, 0.2) is 5.82 Å². The van der Waals surface area contributed by atoms with Crippen molar-refractivity contribution >= 4 is 29.3 Å². The fraction of sp³-hybridized carbons (Fsp3) is 0.263. The van der Waals surface area contributed by atoms with E-state index >= 15 is 0 Å². The molecule has 0 spiro atoms. The van der Waals surface area contributed by atoms with Gasteiger partial charge < -0.3 is 9.84 Å². The number of carbonyl (C=O) groups is 1. The van der Waals surface area contributed by atoms with Crippen LogP contribution in [0.3, 0.4) is 0 Å². The minimum absolute atomic E-state index is 0.193. The quantitative estimate of drug-likeness (QED) is 0.437. The monoisotopic (exact) mass is 418 g/mol. The third-order valence-corrected chi connectivity index (χ3v) is 3.89. The van der Waals surface area contributed by atoms with Crippen molar-refractivity contribution in [3.8, 4) is 11.3 Å². The number of carbonyl (C=O) groups excluding carboxylic acids is 1. The summed E-state index contributed by atoms with van der Waals surface area (Å²) < 4.78 is 18.5. The summed E-state index contributed by atoms with van der Waals surface area (Å²) in [4.78, 5) is 17.0. The molecular formula is C19H20ClFN6O2. The smallest absolute Gasteiger partial charge is 0.263 e. The zero-order valence-corrected chi connectivity index (χ0v) is 17.1. The van der Waals surface area contributed by atoms with Crippen molar-refractivity contribution in [3.63, 3.8) is 0 Å². The van der Waals surface area contributed by atoms with E-state index in [0.29, 0.717) is 28.4 Å². The molecule has 1 amide bonds. The molecule has 0 radical (unpaired) electrons. The molecule has 3 N–H and O–H groups in total. The normalized spacial score (nSPS) is 12.1. The first kappa shape index (κ1) is 20.5. The molecule has 3 aromatic rings. The van der Waals surface area contributed by atoms with Gasteiger partial charge in [0.1, 0.15) is 17.1 Å². The van der Waals surface area contributed by atoms with Gasteiger partial charge in [0, 0.05) is 16.7 Å². The summed E-state index contributed by atoms with van der Waals surface area (Å²) in [6.45, 7) is 7.29. The van der Waals surface area contributed by atoms with Crippen molar-refractivity contribution in [3.05, 3.63) is 52.6 Å². The molecule has 0 aliphatic carbocycles. The summed E-state index contributed by atoms with van der Waals surface area (Å²) in [5.74, 6) is 0.0849. The van der Waals surface area contributed by atoms with E-state index in [-0.39, 0.29) is 11.0 Å². The summed E-state index contributed by atoms with van der Waals surface area (Å²) in [6.07, 6.45) is 1.33. The summed E-state index contributed by atoms with van der Waals surface area (Å²) >= 11 is 5.91. The minimum atomic E-state index is -0.478. The number of rotatable bonds is 3. The van der Waals surface area contributed by atoms with Crippen LogP contribution in [-0.4, -0.2) is 32.8 Å². The molecule has 1 aromatic carbocycles. The highest BCUT2D eigenvalue weighted by molar-refractivity contribution is 6.30. The van der Waals surface area contributed by atoms with Crippen LogP contribution in [-0.2, 0) is 0 Å². The first-order chi connectivity index (χ1) is 13.6. The maximum atomic E-state index is 13.6. The van der Waals surface area contributed by atoms with E-state index in [1.165, 1.54) is 18.3 Å². The molecule has 0 atom stereocenters. The maximum absolute atomic E-state index is 13.6. The molecule has 152 valence electrons. The molecule has 0 bridgehead atoms. The number of aliphatic imine (C=N–C) groups is 1. The first-order valence-electron chi connectivity index (χ1n) is 8.72. The van der Waals surface area contributed by atoms with Crippen LogP contribution in [0.25, 0.3) is 11.3 Å². The largest absolute Gasteiger partial charge is 0.361 e. The average molecular weight is 419 g/mol. The number of halogens is 2. The van der Waals surface area contributed by atoms with E-state index in [9.17, 15) is 9.18 Å². The lowest BCUT2D eigenvalue weighted by molar-refractivity contribution is 0.0975. The Morgan fingerprint density at radius 1 is 1.28 bits per heavy atom. The summed E-state index contributed by atoms with van der Waals surface area (Å²) in [5.41, 5.74) is 0.902. The SMILES string of the molecule is Cc1oncc1C(=O)NC(=NC(C)(C)C)Nc1cc(-c2cc(F)cc(Cl)c2)[nH]n1. The minimum Gasteiger partial charge on any atom is -0.361 e. The number of benzene rings is 1. The molecule has 10 heteroatoms. The van der Waals surface area contributed by atoms with Gasteiger partial charge in [-0.25, -0.2) is 9.38 Å². The Hall–Kier alpha value is -3.20. The highest BCUT2D eigenvalue weighted by Gasteiger charge is 2.18. The Morgan fingerprint density at radius 2 is 2.03 bits per heavy atom. The lowest BCUT2D eigenvalue weighted by Gasteiger charge is -2.16. The van der Waals surface area contributed by atoms with E-state index in [1.807, 2.05) is 20.8 Å². The summed E-state index contributed by atoms with van der Waals surface area (Å²) in [6, 6.07) is 5.82. The number of H-pyrrole nitrogens is 1. The van der Waals surface area contributed by atoms with E-state index in [0.717, 1.165) is 0 Å². The molecular weight excluding hydrogens is 399 g/mol. The highest BCUT2D eigenvalue weighted by Crippen LogP contribution is 2.24. The molecule has 0 saturated carbocycles. The fourth-order valence-electron chi connectivity index (χ4n) is 2.48. The number of aromatic amines is 1. The van der Waals surface area contributed by atoms with Gasteiger partial charge in [-0.2, -0.15) is 5.10 Å². The number of amides is 1. The van der Waals surface area contributed by atoms with Gasteiger partial charge in [-0.1, -0.05) is 16.8 Å². The molecule has 0 saturated heterocycles. The van der Waals surface area contributed by atoms with Gasteiger partial charge in [0.2, 0.25) is 5.96 Å². The molecule has 8 nitrogen and oxygen atoms in total. The van der Waals surface area contributed by atoms with E-state index < -0.39 is 17.3 Å². The van der Waals surface area contributed by atoms with Crippen molar-refractivity contribution in [1.82, 2.24) is 20.7 Å². The van der Waals surface area contributed by atoms with Crippen LogP contribution in [0.15, 0.2) is 40.0 Å². The Morgan fingerprint density at radius 3 is 2.66 bits per heavy atom. The molecule has 0 aliphatic rings. The number of anilines is 1. The van der Waals surface area contributed by atoms with Gasteiger partial charge in [-0.3, -0.25) is 15.2 Å². The van der Waals surface area contributed by atoms with Crippen LogP contribution in [0.4, 0.5) is 10.2 Å². The Labute approximate surface area is 171 Å². The van der Waals surface area contributed by atoms with Crippen molar-refractivity contribution < 1.29 is 13.7 Å². The van der Waals surface area contributed by atoms with Crippen LogP contribution >= 0.6 is 11.6 Å². The van der Waals surface area contributed by atoms with Gasteiger partial charge >= 0.3 is 0 Å². The molecule has 0 fully saturated rings. The standard InChI is InChI=1S/C19H20ClFN6O2/c1-10-14(9-22-29-10)17(28)24-18(25-19(2,3)4)23-16-8-15(26-27-16)11-5-12(20)7-13(21)6-11/h5-9H,1-4H3,(H3,23,24,25,26,27,28). The van der Waals surface area contributed by atoms with Crippen LogP contribution in [0.1, 0.15) is 36.9 Å². The van der Waals surface area contributed by atoms with E-state index in [2.05, 4.69) is 31.0 Å². The second-order valence-corrected chi connectivity index (χ2v) is 7.77. The molecule has 0 unspecified atom stereocenters. The average Bonchev–Trinajstić information content (AvgIpc) is 3.21. The van der Waals surface area contributed by atoms with Crippen LogP contribution in [0, 0.1) is 12.7 Å². The van der Waals surface area contributed by atoms with Crippen LogP contribution < -0.4 is 10.6 Å². The Kier molecular flexibility index (Phi) is 5.69. The molecule has 3 rings (SSSR count). The van der Waals surface area contributed by atoms with Crippen LogP contribution in [0.5, 0.6) is 0 Å². The Balaban J connectivity index is 1.83. The topological polar surface area (TPSA) is 108 Å². The number of nitrogens with zero attached hydrogens (tertiary/aromatic N) is 3. The fourth-order valence-corrected chi connectivity index (χ4v) is 2.70. The Bertz CT molecular complexity index is 1050. The number of nitrogens with one attached hydrogen (secondary N) is 3. The van der Waals surface area contributed by atoms with Crippen molar-refractivity contribution in [2.75, 3.05) is 5.32 Å². The number of hydrogen-bond acceptors (Lipinski definition) is 5. The predicted octanol–water partition coefficient (Wildman–Crippen LogP) is 4.16. The maximum Gasteiger partial charge on any atom is 0.263 e. The van der Waals surface area contributed by atoms with Crippen LogP contribution in [0.2, 0.25) is 5.02 Å². The van der Waals surface area contributed by atoms with E-state index in [4.69, 9.17) is 16.1 Å². The highest BCUT2D eigenvalue weighted by atomic mass is 35.5. The lowest BCUT2D eigenvalue weighted by atomic mass is 10.1. The van der Waals surface area contributed by atoms with Gasteiger partial charge in [-0.15, -0.1) is 0 Å². The predicted molar refractivity (Wildman–Crippen MR) is 109 cm³/mol. The van der Waals surface area contributed by atoms with Crippen molar-refractivity contribution in [2.45, 2.75) is 33.2 Å². The second-order valence-electron chi connectivity index (χ2n) is 7.33. The summed E-state index contributed by atoms with van der Waals surface area (Å²) in [7, 11) is 0. The second kappa shape index (κ2) is 8.04. The molecule has 2 aromatic heterocycles. The van der Waals surface area contributed by atoms with Gasteiger partial charge in [0.05, 0.1) is 17.4 Å². The van der Waals surface area contributed by atoms with Gasteiger partial charge in [0.25, 0.3) is 5.91 Å². The number of aryl methyl sites for hydroxylation is 1. The number of hydrogen-bond donors (Lipinski definition) is 3. The van der Waals surface area contributed by atoms with E-state index in [1.54, 1.807) is 19.1 Å².